The summed E-state index contributed by atoms with van der Waals surface area (Å²) in [5.41, 5.74) is 4.20. The summed E-state index contributed by atoms with van der Waals surface area (Å²) >= 11 is 1.87. The summed E-state index contributed by atoms with van der Waals surface area (Å²) in [6, 6.07) is 6.51. The van der Waals surface area contributed by atoms with Crippen molar-refractivity contribution in [3.05, 3.63) is 41.0 Å². The summed E-state index contributed by atoms with van der Waals surface area (Å²) < 4.78 is 0. The van der Waals surface area contributed by atoms with Crippen LogP contribution >= 0.6 is 11.8 Å². The maximum Gasteiger partial charge on any atom is 0.0184 e. The van der Waals surface area contributed by atoms with Crippen molar-refractivity contribution in [2.75, 3.05) is 6.26 Å². The third kappa shape index (κ3) is 2.63. The van der Waals surface area contributed by atoms with E-state index in [0.717, 1.165) is 5.75 Å². The Morgan fingerprint density at radius 3 is 2.77 bits per heavy atom. The SMILES string of the molecule is C/C=C\c1cccc(CSC)c1C. The monoisotopic (exact) mass is 192 g/mol. The molecule has 0 nitrogen and oxygen atoms in total. The Morgan fingerprint density at radius 1 is 1.38 bits per heavy atom. The largest absolute Gasteiger partial charge is 0.161 e. The Bertz CT molecular complexity index is 300. The topological polar surface area (TPSA) is 0 Å². The van der Waals surface area contributed by atoms with Gasteiger partial charge in [-0.25, -0.2) is 0 Å². The second kappa shape index (κ2) is 5.13. The summed E-state index contributed by atoms with van der Waals surface area (Å²) in [5, 5.41) is 0. The van der Waals surface area contributed by atoms with Crippen molar-refractivity contribution >= 4 is 17.8 Å². The van der Waals surface area contributed by atoms with E-state index in [4.69, 9.17) is 0 Å². The molecule has 0 saturated carbocycles. The molecular weight excluding hydrogens is 176 g/mol. The first kappa shape index (κ1) is 10.4. The van der Waals surface area contributed by atoms with Crippen LogP contribution in [-0.4, -0.2) is 6.26 Å². The molecule has 0 aliphatic carbocycles. The van der Waals surface area contributed by atoms with Gasteiger partial charge in [-0.05, 0) is 36.8 Å². The minimum Gasteiger partial charge on any atom is -0.161 e. The summed E-state index contributed by atoms with van der Waals surface area (Å²) in [7, 11) is 0. The summed E-state index contributed by atoms with van der Waals surface area (Å²) in [6.45, 7) is 4.25. The van der Waals surface area contributed by atoms with Crippen LogP contribution in [0.4, 0.5) is 0 Å². The van der Waals surface area contributed by atoms with E-state index in [9.17, 15) is 0 Å². The van der Waals surface area contributed by atoms with E-state index in [1.807, 2.05) is 11.8 Å². The van der Waals surface area contributed by atoms with Crippen LogP contribution in [0.3, 0.4) is 0 Å². The van der Waals surface area contributed by atoms with Gasteiger partial charge in [0.05, 0.1) is 0 Å². The van der Waals surface area contributed by atoms with Crippen LogP contribution < -0.4 is 0 Å². The number of benzene rings is 1. The van der Waals surface area contributed by atoms with Crippen LogP contribution in [0.1, 0.15) is 23.6 Å². The van der Waals surface area contributed by atoms with Crippen molar-refractivity contribution in [3.63, 3.8) is 0 Å². The Morgan fingerprint density at radius 2 is 2.15 bits per heavy atom. The number of hydrogen-bond acceptors (Lipinski definition) is 1. The van der Waals surface area contributed by atoms with Crippen LogP contribution in [0.5, 0.6) is 0 Å². The Balaban J connectivity index is 3.03. The van der Waals surface area contributed by atoms with Gasteiger partial charge in [0.2, 0.25) is 0 Å². The quantitative estimate of drug-likeness (QED) is 0.700. The van der Waals surface area contributed by atoms with Gasteiger partial charge >= 0.3 is 0 Å². The van der Waals surface area contributed by atoms with E-state index in [-0.39, 0.29) is 0 Å². The normalized spacial score (nSPS) is 11.0. The third-order valence-corrected chi connectivity index (χ3v) is 2.73. The van der Waals surface area contributed by atoms with Crippen molar-refractivity contribution in [1.29, 1.82) is 0 Å². The molecule has 1 aromatic carbocycles. The minimum atomic E-state index is 1.11. The minimum absolute atomic E-state index is 1.11. The molecule has 0 fully saturated rings. The van der Waals surface area contributed by atoms with Crippen molar-refractivity contribution in [2.45, 2.75) is 19.6 Å². The van der Waals surface area contributed by atoms with Crippen LogP contribution in [0, 0.1) is 6.92 Å². The van der Waals surface area contributed by atoms with Crippen LogP contribution in [-0.2, 0) is 5.75 Å². The Hall–Kier alpha value is -0.690. The average Bonchev–Trinajstić information content (AvgIpc) is 2.13. The van der Waals surface area contributed by atoms with E-state index in [2.05, 4.69) is 50.5 Å². The molecule has 0 spiro atoms. The zero-order valence-corrected chi connectivity index (χ0v) is 9.32. The smallest absolute Gasteiger partial charge is 0.0184 e. The fourth-order valence-electron chi connectivity index (χ4n) is 1.38. The van der Waals surface area contributed by atoms with Crippen LogP contribution in [0.2, 0.25) is 0 Å². The highest BCUT2D eigenvalue weighted by Crippen LogP contribution is 2.18. The first-order chi connectivity index (χ1) is 6.29. The number of rotatable bonds is 3. The molecule has 0 atom stereocenters. The summed E-state index contributed by atoms with van der Waals surface area (Å²) in [5.74, 6) is 1.11. The molecule has 0 bridgehead atoms. The van der Waals surface area contributed by atoms with Crippen molar-refractivity contribution in [3.8, 4) is 0 Å². The molecule has 0 aromatic heterocycles. The summed E-state index contributed by atoms with van der Waals surface area (Å²) in [4.78, 5) is 0. The predicted octanol–water partition coefficient (Wildman–Crippen LogP) is 3.89. The first-order valence-electron chi connectivity index (χ1n) is 4.49. The molecule has 0 radical (unpaired) electrons. The lowest BCUT2D eigenvalue weighted by molar-refractivity contribution is 1.30. The van der Waals surface area contributed by atoms with Crippen molar-refractivity contribution < 1.29 is 0 Å². The van der Waals surface area contributed by atoms with Gasteiger partial charge in [-0.15, -0.1) is 0 Å². The highest BCUT2D eigenvalue weighted by atomic mass is 32.2. The summed E-state index contributed by atoms with van der Waals surface area (Å²) in [6.07, 6.45) is 6.39. The van der Waals surface area contributed by atoms with Gasteiger partial charge in [-0.3, -0.25) is 0 Å². The van der Waals surface area contributed by atoms with Gasteiger partial charge < -0.3 is 0 Å². The molecule has 13 heavy (non-hydrogen) atoms. The van der Waals surface area contributed by atoms with E-state index in [1.54, 1.807) is 0 Å². The highest BCUT2D eigenvalue weighted by molar-refractivity contribution is 7.97. The molecule has 70 valence electrons. The third-order valence-electron chi connectivity index (χ3n) is 2.13. The molecule has 0 amide bonds. The van der Waals surface area contributed by atoms with E-state index >= 15 is 0 Å². The van der Waals surface area contributed by atoms with Gasteiger partial charge in [0.25, 0.3) is 0 Å². The van der Waals surface area contributed by atoms with Gasteiger partial charge in [0.15, 0.2) is 0 Å². The van der Waals surface area contributed by atoms with E-state index < -0.39 is 0 Å². The molecule has 0 aliphatic heterocycles. The fraction of sp³-hybridized carbons (Fsp3) is 0.333. The molecule has 0 aliphatic rings. The fourth-order valence-corrected chi connectivity index (χ4v) is 2.00. The van der Waals surface area contributed by atoms with Crippen LogP contribution in [0.15, 0.2) is 24.3 Å². The van der Waals surface area contributed by atoms with Crippen molar-refractivity contribution in [2.24, 2.45) is 0 Å². The lowest BCUT2D eigenvalue weighted by Crippen LogP contribution is -1.88. The molecule has 1 aromatic rings. The zero-order chi connectivity index (χ0) is 9.68. The molecule has 1 heteroatoms. The molecule has 0 unspecified atom stereocenters. The Kier molecular flexibility index (Phi) is 4.10. The second-order valence-corrected chi connectivity index (χ2v) is 3.93. The molecule has 1 rings (SSSR count). The lowest BCUT2D eigenvalue weighted by Gasteiger charge is -2.06. The second-order valence-electron chi connectivity index (χ2n) is 3.06. The Labute approximate surface area is 85.1 Å². The molecule has 0 saturated heterocycles. The maximum atomic E-state index is 2.21. The highest BCUT2D eigenvalue weighted by Gasteiger charge is 1.99. The van der Waals surface area contributed by atoms with Gasteiger partial charge in [-0.1, -0.05) is 30.4 Å². The van der Waals surface area contributed by atoms with E-state index in [0.29, 0.717) is 0 Å². The van der Waals surface area contributed by atoms with E-state index in [1.165, 1.54) is 16.7 Å². The molecule has 0 N–H and O–H groups in total. The van der Waals surface area contributed by atoms with Gasteiger partial charge in [0, 0.05) is 5.75 Å². The molecule has 0 heterocycles. The van der Waals surface area contributed by atoms with Gasteiger partial charge in [-0.2, -0.15) is 11.8 Å². The number of thioether (sulfide) groups is 1. The van der Waals surface area contributed by atoms with Gasteiger partial charge in [0.1, 0.15) is 0 Å². The lowest BCUT2D eigenvalue weighted by atomic mass is 10.0. The number of allylic oxidation sites excluding steroid dienone is 1. The standard InChI is InChI=1S/C12H16S/c1-4-6-11-7-5-8-12(9-13-3)10(11)2/h4-8H,9H2,1-3H3/b6-4-. The zero-order valence-electron chi connectivity index (χ0n) is 8.50. The maximum absolute atomic E-state index is 2.21. The predicted molar refractivity (Wildman–Crippen MR) is 63.1 cm³/mol. The number of hydrogen-bond donors (Lipinski definition) is 0. The molecular formula is C12H16S. The first-order valence-corrected chi connectivity index (χ1v) is 5.89. The van der Waals surface area contributed by atoms with Crippen molar-refractivity contribution in [1.82, 2.24) is 0 Å². The van der Waals surface area contributed by atoms with Crippen LogP contribution in [0.25, 0.3) is 6.08 Å². The average molecular weight is 192 g/mol.